The first-order valence-corrected chi connectivity index (χ1v) is 16.0. The third kappa shape index (κ3) is 4.31. The van der Waals surface area contributed by atoms with Gasteiger partial charge in [-0.25, -0.2) is 19.9 Å². The molecule has 3 aliphatic rings. The number of aromatic nitrogens is 4. The molecule has 11 heteroatoms. The van der Waals surface area contributed by atoms with Gasteiger partial charge in [-0.2, -0.15) is 0 Å². The van der Waals surface area contributed by atoms with E-state index in [-0.39, 0.29) is 17.6 Å². The molecule has 0 atom stereocenters. The molecule has 1 saturated heterocycles. The molecule has 1 saturated carbocycles. The zero-order chi connectivity index (χ0) is 25.7. The average molecular weight is 531 g/mol. The van der Waals surface area contributed by atoms with Crippen molar-refractivity contribution in [2.75, 3.05) is 36.1 Å². The van der Waals surface area contributed by atoms with Crippen molar-refractivity contribution in [1.29, 1.82) is 0 Å². The molecule has 2 aromatic rings. The maximum atomic E-state index is 14.0. The predicted molar refractivity (Wildman–Crippen MR) is 141 cm³/mol. The van der Waals surface area contributed by atoms with Crippen LogP contribution >= 0.6 is 11.6 Å². The molecule has 2 aliphatic heterocycles. The number of nitrogens with zero attached hydrogens (tertiary/aromatic N) is 6. The highest BCUT2D eigenvalue weighted by atomic mass is 35.5. The lowest BCUT2D eigenvalue weighted by atomic mass is 9.81. The fourth-order valence-electron chi connectivity index (χ4n) is 5.02. The van der Waals surface area contributed by atoms with Gasteiger partial charge in [0.15, 0.2) is 14.1 Å². The SMILES string of the molecule is CC(C)(C)[Si](C)(C)OCc1nc(Cl)c2c(n1)N(c1cnc(N3CCOCC3)nc1)C(=O)C21CCCC1. The van der Waals surface area contributed by atoms with Crippen LogP contribution in [0.2, 0.25) is 23.3 Å². The molecular formula is C25H35ClN6O3Si. The fourth-order valence-corrected chi connectivity index (χ4v) is 6.31. The van der Waals surface area contributed by atoms with Crippen LogP contribution in [0.5, 0.6) is 0 Å². The Hall–Kier alpha value is -2.14. The van der Waals surface area contributed by atoms with E-state index in [9.17, 15) is 4.79 Å². The summed E-state index contributed by atoms with van der Waals surface area (Å²) in [6.07, 6.45) is 6.83. The highest BCUT2D eigenvalue weighted by molar-refractivity contribution is 6.74. The second-order valence-electron chi connectivity index (χ2n) is 11.4. The van der Waals surface area contributed by atoms with Gasteiger partial charge < -0.3 is 14.1 Å². The number of rotatable bonds is 5. The maximum absolute atomic E-state index is 14.0. The quantitative estimate of drug-likeness (QED) is 0.403. The Balaban J connectivity index is 1.50. The Labute approximate surface area is 218 Å². The maximum Gasteiger partial charge on any atom is 0.243 e. The number of morpholine rings is 1. The lowest BCUT2D eigenvalue weighted by Gasteiger charge is -2.35. The van der Waals surface area contributed by atoms with E-state index in [4.69, 9.17) is 25.7 Å². The number of anilines is 3. The summed E-state index contributed by atoms with van der Waals surface area (Å²) in [5, 5.41) is 0.403. The van der Waals surface area contributed by atoms with Gasteiger partial charge in [0.1, 0.15) is 11.0 Å². The van der Waals surface area contributed by atoms with Crippen LogP contribution in [0.3, 0.4) is 0 Å². The molecule has 2 fully saturated rings. The van der Waals surface area contributed by atoms with E-state index in [0.717, 1.165) is 44.3 Å². The van der Waals surface area contributed by atoms with E-state index in [0.29, 0.717) is 41.6 Å². The molecule has 1 spiro atoms. The molecule has 36 heavy (non-hydrogen) atoms. The molecule has 1 aliphatic carbocycles. The Morgan fingerprint density at radius 2 is 1.75 bits per heavy atom. The van der Waals surface area contributed by atoms with E-state index in [1.54, 1.807) is 17.3 Å². The molecule has 0 aromatic carbocycles. The number of hydrogen-bond donors (Lipinski definition) is 0. The van der Waals surface area contributed by atoms with E-state index in [1.165, 1.54) is 0 Å². The van der Waals surface area contributed by atoms with Gasteiger partial charge in [0.25, 0.3) is 0 Å². The Morgan fingerprint density at radius 1 is 1.11 bits per heavy atom. The van der Waals surface area contributed by atoms with Crippen molar-refractivity contribution >= 4 is 43.3 Å². The Bertz CT molecular complexity index is 1140. The molecular weight excluding hydrogens is 496 g/mol. The van der Waals surface area contributed by atoms with Crippen LogP contribution in [0.15, 0.2) is 12.4 Å². The van der Waals surface area contributed by atoms with Crippen molar-refractivity contribution in [3.05, 3.63) is 28.9 Å². The second-order valence-corrected chi connectivity index (χ2v) is 16.6. The largest absolute Gasteiger partial charge is 0.409 e. The first-order valence-electron chi connectivity index (χ1n) is 12.7. The van der Waals surface area contributed by atoms with Gasteiger partial charge in [0.05, 0.1) is 43.3 Å². The summed E-state index contributed by atoms with van der Waals surface area (Å²) in [6, 6.07) is 0. The smallest absolute Gasteiger partial charge is 0.243 e. The minimum absolute atomic E-state index is 0.0172. The number of hydrogen-bond acceptors (Lipinski definition) is 8. The monoisotopic (exact) mass is 530 g/mol. The molecule has 5 rings (SSSR count). The average Bonchev–Trinajstić information content (AvgIpc) is 3.42. The first kappa shape index (κ1) is 25.5. The van der Waals surface area contributed by atoms with Gasteiger partial charge in [0, 0.05) is 18.7 Å². The van der Waals surface area contributed by atoms with Crippen molar-refractivity contribution in [2.45, 2.75) is 76.6 Å². The highest BCUT2D eigenvalue weighted by Gasteiger charge is 2.55. The zero-order valence-corrected chi connectivity index (χ0v) is 23.6. The van der Waals surface area contributed by atoms with Crippen molar-refractivity contribution in [3.8, 4) is 0 Å². The minimum atomic E-state index is -2.02. The standard InChI is InChI=1S/C25H35ClN6O3Si/c1-24(2,3)36(4,5)35-16-18-29-20(26)19-21(30-18)32(22(33)25(19)8-6-7-9-25)17-14-27-23(28-15-17)31-10-12-34-13-11-31/h14-15H,6-13,16H2,1-5H3. The van der Waals surface area contributed by atoms with Gasteiger partial charge >= 0.3 is 0 Å². The van der Waals surface area contributed by atoms with Crippen molar-refractivity contribution < 1.29 is 14.0 Å². The van der Waals surface area contributed by atoms with Crippen LogP contribution in [0.4, 0.5) is 17.5 Å². The molecule has 4 heterocycles. The summed E-state index contributed by atoms with van der Waals surface area (Å²) in [6.45, 7) is 14.0. The van der Waals surface area contributed by atoms with E-state index in [2.05, 4.69) is 53.7 Å². The van der Waals surface area contributed by atoms with E-state index < -0.39 is 13.7 Å². The number of halogens is 1. The summed E-state index contributed by atoms with van der Waals surface area (Å²) in [4.78, 5) is 36.3. The Kier molecular flexibility index (Phi) is 6.59. The van der Waals surface area contributed by atoms with Crippen LogP contribution in [-0.2, 0) is 26.0 Å². The Morgan fingerprint density at radius 3 is 2.36 bits per heavy atom. The van der Waals surface area contributed by atoms with Crippen LogP contribution in [0.25, 0.3) is 0 Å². The predicted octanol–water partition coefficient (Wildman–Crippen LogP) is 4.77. The molecule has 9 nitrogen and oxygen atoms in total. The van der Waals surface area contributed by atoms with Crippen molar-refractivity contribution in [1.82, 2.24) is 19.9 Å². The molecule has 0 N–H and O–H groups in total. The van der Waals surface area contributed by atoms with E-state index in [1.807, 2.05) is 0 Å². The summed E-state index contributed by atoms with van der Waals surface area (Å²) >= 11 is 6.81. The summed E-state index contributed by atoms with van der Waals surface area (Å²) in [7, 11) is -2.02. The number of carbonyl (C=O) groups excluding carboxylic acids is 1. The lowest BCUT2D eigenvalue weighted by Crippen LogP contribution is -2.40. The third-order valence-electron chi connectivity index (χ3n) is 8.20. The van der Waals surface area contributed by atoms with Gasteiger partial charge in [-0.1, -0.05) is 45.2 Å². The van der Waals surface area contributed by atoms with Gasteiger partial charge in [0.2, 0.25) is 11.9 Å². The second kappa shape index (κ2) is 9.31. The summed E-state index contributed by atoms with van der Waals surface area (Å²) in [5.74, 6) is 1.64. The van der Waals surface area contributed by atoms with Crippen LogP contribution < -0.4 is 9.80 Å². The van der Waals surface area contributed by atoms with Crippen LogP contribution in [-0.4, -0.2) is 60.5 Å². The number of fused-ring (bicyclic) bond motifs is 2. The summed E-state index contributed by atoms with van der Waals surface area (Å²) < 4.78 is 11.8. The van der Waals surface area contributed by atoms with Gasteiger partial charge in [-0.05, 0) is 31.0 Å². The zero-order valence-electron chi connectivity index (χ0n) is 21.8. The van der Waals surface area contributed by atoms with Crippen molar-refractivity contribution in [3.63, 3.8) is 0 Å². The number of amides is 1. The van der Waals surface area contributed by atoms with Crippen LogP contribution in [0, 0.1) is 0 Å². The normalized spacial score (nSPS) is 19.9. The number of ether oxygens (including phenoxy) is 1. The fraction of sp³-hybridized carbons (Fsp3) is 0.640. The molecule has 0 bridgehead atoms. The van der Waals surface area contributed by atoms with Gasteiger partial charge in [-0.15, -0.1) is 0 Å². The lowest BCUT2D eigenvalue weighted by molar-refractivity contribution is -0.122. The van der Waals surface area contributed by atoms with Crippen LogP contribution in [0.1, 0.15) is 57.8 Å². The van der Waals surface area contributed by atoms with E-state index >= 15 is 0 Å². The minimum Gasteiger partial charge on any atom is -0.409 e. The van der Waals surface area contributed by atoms with Gasteiger partial charge in [-0.3, -0.25) is 9.69 Å². The molecule has 0 unspecified atom stereocenters. The third-order valence-corrected chi connectivity index (χ3v) is 12.9. The highest BCUT2D eigenvalue weighted by Crippen LogP contribution is 2.54. The number of carbonyl (C=O) groups is 1. The summed E-state index contributed by atoms with van der Waals surface area (Å²) in [5.41, 5.74) is 0.641. The molecule has 0 radical (unpaired) electrons. The molecule has 194 valence electrons. The molecule has 1 amide bonds. The van der Waals surface area contributed by atoms with Crippen molar-refractivity contribution in [2.24, 2.45) is 0 Å². The molecule has 2 aromatic heterocycles. The first-order chi connectivity index (χ1) is 17.0. The topological polar surface area (TPSA) is 93.6 Å².